The lowest BCUT2D eigenvalue weighted by Crippen LogP contribution is -2.41. The molecular formula is C18H30N2. The van der Waals surface area contributed by atoms with Crippen molar-refractivity contribution in [1.82, 2.24) is 5.32 Å². The SMILES string of the molecule is CCCC(C)(CNC1CC1)CN(C)c1ccc(C)cc1. The van der Waals surface area contributed by atoms with E-state index in [0.717, 1.165) is 19.1 Å². The molecule has 20 heavy (non-hydrogen) atoms. The van der Waals surface area contributed by atoms with Gasteiger partial charge in [-0.15, -0.1) is 0 Å². The van der Waals surface area contributed by atoms with Gasteiger partial charge in [-0.25, -0.2) is 0 Å². The molecule has 0 amide bonds. The van der Waals surface area contributed by atoms with Crippen LogP contribution in [0.25, 0.3) is 0 Å². The van der Waals surface area contributed by atoms with Crippen LogP contribution in [0.1, 0.15) is 45.1 Å². The molecule has 0 heterocycles. The maximum absolute atomic E-state index is 3.72. The fraction of sp³-hybridized carbons (Fsp3) is 0.667. The molecule has 0 aromatic heterocycles. The Labute approximate surface area is 124 Å². The predicted molar refractivity (Wildman–Crippen MR) is 88.5 cm³/mol. The van der Waals surface area contributed by atoms with Crippen LogP contribution >= 0.6 is 0 Å². The molecule has 0 spiro atoms. The highest BCUT2D eigenvalue weighted by Crippen LogP contribution is 2.28. The largest absolute Gasteiger partial charge is 0.374 e. The summed E-state index contributed by atoms with van der Waals surface area (Å²) in [6.07, 6.45) is 5.28. The highest BCUT2D eigenvalue weighted by molar-refractivity contribution is 5.46. The lowest BCUT2D eigenvalue weighted by molar-refractivity contribution is 0.283. The van der Waals surface area contributed by atoms with Gasteiger partial charge in [-0.05, 0) is 43.7 Å². The Hall–Kier alpha value is -1.02. The average Bonchev–Trinajstić information content (AvgIpc) is 3.21. The van der Waals surface area contributed by atoms with E-state index in [2.05, 4.69) is 62.3 Å². The molecule has 1 atom stereocenters. The first-order valence-corrected chi connectivity index (χ1v) is 8.03. The van der Waals surface area contributed by atoms with Gasteiger partial charge in [-0.1, -0.05) is 38.0 Å². The molecule has 0 bridgehead atoms. The van der Waals surface area contributed by atoms with E-state index in [1.54, 1.807) is 0 Å². The van der Waals surface area contributed by atoms with Crippen LogP contribution in [-0.2, 0) is 0 Å². The Balaban J connectivity index is 1.95. The molecule has 2 heteroatoms. The maximum Gasteiger partial charge on any atom is 0.0363 e. The lowest BCUT2D eigenvalue weighted by Gasteiger charge is -2.35. The van der Waals surface area contributed by atoms with Crippen LogP contribution in [0.4, 0.5) is 5.69 Å². The minimum absolute atomic E-state index is 0.358. The van der Waals surface area contributed by atoms with Crippen LogP contribution in [0.5, 0.6) is 0 Å². The summed E-state index contributed by atoms with van der Waals surface area (Å²) in [6, 6.07) is 9.67. The highest BCUT2D eigenvalue weighted by atomic mass is 15.1. The van der Waals surface area contributed by atoms with Crippen LogP contribution in [0, 0.1) is 12.3 Å². The molecule has 2 rings (SSSR count). The Morgan fingerprint density at radius 2 is 1.90 bits per heavy atom. The van der Waals surface area contributed by atoms with Gasteiger partial charge in [-0.2, -0.15) is 0 Å². The summed E-state index contributed by atoms with van der Waals surface area (Å²) >= 11 is 0. The quantitative estimate of drug-likeness (QED) is 0.771. The number of hydrogen-bond donors (Lipinski definition) is 1. The molecule has 0 saturated heterocycles. The molecule has 1 unspecified atom stereocenters. The van der Waals surface area contributed by atoms with Crippen molar-refractivity contribution >= 4 is 5.69 Å². The number of rotatable bonds is 8. The monoisotopic (exact) mass is 274 g/mol. The van der Waals surface area contributed by atoms with Crippen molar-refractivity contribution in [2.45, 2.75) is 52.5 Å². The Morgan fingerprint density at radius 1 is 1.25 bits per heavy atom. The molecule has 1 saturated carbocycles. The van der Waals surface area contributed by atoms with Crippen LogP contribution in [0.2, 0.25) is 0 Å². The van der Waals surface area contributed by atoms with Gasteiger partial charge in [0.25, 0.3) is 0 Å². The summed E-state index contributed by atoms with van der Waals surface area (Å²) in [5, 5.41) is 3.72. The van der Waals surface area contributed by atoms with E-state index in [9.17, 15) is 0 Å². The van der Waals surface area contributed by atoms with Crippen molar-refractivity contribution in [1.29, 1.82) is 0 Å². The summed E-state index contributed by atoms with van der Waals surface area (Å²) < 4.78 is 0. The van der Waals surface area contributed by atoms with E-state index >= 15 is 0 Å². The molecule has 0 radical (unpaired) electrons. The third-order valence-corrected chi connectivity index (χ3v) is 4.34. The molecule has 1 aliphatic carbocycles. The van der Waals surface area contributed by atoms with E-state index in [1.807, 2.05) is 0 Å². The summed E-state index contributed by atoms with van der Waals surface area (Å²) in [5.74, 6) is 0. The van der Waals surface area contributed by atoms with Crippen LogP contribution < -0.4 is 10.2 Å². The second-order valence-corrected chi connectivity index (χ2v) is 6.91. The van der Waals surface area contributed by atoms with E-state index in [0.29, 0.717) is 5.41 Å². The molecule has 1 N–H and O–H groups in total. The zero-order chi connectivity index (χ0) is 14.6. The van der Waals surface area contributed by atoms with E-state index in [4.69, 9.17) is 0 Å². The first-order chi connectivity index (χ1) is 9.52. The fourth-order valence-electron chi connectivity index (χ4n) is 2.97. The Bertz CT molecular complexity index is 408. The number of hydrogen-bond acceptors (Lipinski definition) is 2. The second kappa shape index (κ2) is 6.62. The van der Waals surface area contributed by atoms with Crippen molar-refractivity contribution in [3.05, 3.63) is 29.8 Å². The van der Waals surface area contributed by atoms with Gasteiger partial charge in [-0.3, -0.25) is 0 Å². The van der Waals surface area contributed by atoms with E-state index < -0.39 is 0 Å². The van der Waals surface area contributed by atoms with Crippen LogP contribution in [0.15, 0.2) is 24.3 Å². The number of nitrogens with zero attached hydrogens (tertiary/aromatic N) is 1. The molecule has 1 aromatic carbocycles. The average molecular weight is 274 g/mol. The summed E-state index contributed by atoms with van der Waals surface area (Å²) in [4.78, 5) is 2.41. The number of anilines is 1. The third-order valence-electron chi connectivity index (χ3n) is 4.34. The van der Waals surface area contributed by atoms with Gasteiger partial charge < -0.3 is 10.2 Å². The summed E-state index contributed by atoms with van der Waals surface area (Å²) in [7, 11) is 2.22. The van der Waals surface area contributed by atoms with Gasteiger partial charge >= 0.3 is 0 Å². The van der Waals surface area contributed by atoms with Gasteiger partial charge in [0, 0.05) is 31.9 Å². The number of benzene rings is 1. The van der Waals surface area contributed by atoms with Gasteiger partial charge in [0.2, 0.25) is 0 Å². The number of nitrogens with one attached hydrogen (secondary N) is 1. The topological polar surface area (TPSA) is 15.3 Å². The van der Waals surface area contributed by atoms with Crippen molar-refractivity contribution in [2.75, 3.05) is 25.0 Å². The lowest BCUT2D eigenvalue weighted by atomic mass is 9.84. The molecule has 1 aromatic rings. The molecular weight excluding hydrogens is 244 g/mol. The molecule has 1 aliphatic rings. The molecule has 112 valence electrons. The smallest absolute Gasteiger partial charge is 0.0363 e. The highest BCUT2D eigenvalue weighted by Gasteiger charge is 2.29. The summed E-state index contributed by atoms with van der Waals surface area (Å²) in [5.41, 5.74) is 3.01. The minimum atomic E-state index is 0.358. The minimum Gasteiger partial charge on any atom is -0.374 e. The zero-order valence-electron chi connectivity index (χ0n) is 13.6. The molecule has 1 fully saturated rings. The molecule has 2 nitrogen and oxygen atoms in total. The normalized spacial score (nSPS) is 17.8. The Morgan fingerprint density at radius 3 is 2.45 bits per heavy atom. The third kappa shape index (κ3) is 4.52. The van der Waals surface area contributed by atoms with Crippen molar-refractivity contribution in [3.63, 3.8) is 0 Å². The summed E-state index contributed by atoms with van der Waals surface area (Å²) in [6.45, 7) is 9.12. The fourth-order valence-corrected chi connectivity index (χ4v) is 2.97. The molecule has 0 aliphatic heterocycles. The first-order valence-electron chi connectivity index (χ1n) is 8.03. The first kappa shape index (κ1) is 15.4. The predicted octanol–water partition coefficient (Wildman–Crippen LogP) is 3.99. The second-order valence-electron chi connectivity index (χ2n) is 6.91. The zero-order valence-corrected chi connectivity index (χ0v) is 13.6. The number of aryl methyl sites for hydroxylation is 1. The van der Waals surface area contributed by atoms with Gasteiger partial charge in [0.1, 0.15) is 0 Å². The van der Waals surface area contributed by atoms with Crippen molar-refractivity contribution in [3.8, 4) is 0 Å². The van der Waals surface area contributed by atoms with E-state index in [-0.39, 0.29) is 0 Å². The van der Waals surface area contributed by atoms with Crippen molar-refractivity contribution in [2.24, 2.45) is 5.41 Å². The van der Waals surface area contributed by atoms with Gasteiger partial charge in [0.15, 0.2) is 0 Å². The van der Waals surface area contributed by atoms with E-state index in [1.165, 1.54) is 36.9 Å². The standard InChI is InChI=1S/C18H30N2/c1-5-12-18(3,13-19-16-8-9-16)14-20(4)17-10-6-15(2)7-11-17/h6-7,10-11,16,19H,5,8-9,12-14H2,1-4H3. The Kier molecular flexibility index (Phi) is 5.09. The maximum atomic E-state index is 3.72. The van der Waals surface area contributed by atoms with Crippen LogP contribution in [0.3, 0.4) is 0 Å². The van der Waals surface area contributed by atoms with Gasteiger partial charge in [0.05, 0.1) is 0 Å². The van der Waals surface area contributed by atoms with Crippen LogP contribution in [-0.4, -0.2) is 26.2 Å². The van der Waals surface area contributed by atoms with Crippen molar-refractivity contribution < 1.29 is 0 Å².